The average molecular weight is 458 g/mol. The summed E-state index contributed by atoms with van der Waals surface area (Å²) in [6, 6.07) is 19.7. The fourth-order valence-corrected chi connectivity index (χ4v) is 3.93. The first-order valence-corrected chi connectivity index (χ1v) is 11.0. The second-order valence-electron chi connectivity index (χ2n) is 8.82. The molecule has 0 atom stereocenters. The van der Waals surface area contributed by atoms with Crippen LogP contribution in [0.2, 0.25) is 0 Å². The highest BCUT2D eigenvalue weighted by atomic mass is 16.5. The van der Waals surface area contributed by atoms with E-state index in [1.807, 2.05) is 50.2 Å². The highest BCUT2D eigenvalue weighted by Gasteiger charge is 2.42. The Hall–Kier alpha value is -4.13. The van der Waals surface area contributed by atoms with Gasteiger partial charge in [-0.25, -0.2) is 0 Å². The third-order valence-corrected chi connectivity index (χ3v) is 5.72. The fourth-order valence-electron chi connectivity index (χ4n) is 3.93. The van der Waals surface area contributed by atoms with Crippen LogP contribution in [0.3, 0.4) is 0 Å². The number of ether oxygens (including phenoxy) is 1. The van der Waals surface area contributed by atoms with E-state index in [0.717, 1.165) is 16.8 Å². The van der Waals surface area contributed by atoms with Crippen molar-refractivity contribution in [1.82, 2.24) is 0 Å². The molecule has 0 aromatic heterocycles. The monoisotopic (exact) mass is 457 g/mol. The second-order valence-corrected chi connectivity index (χ2v) is 8.82. The molecule has 0 unspecified atom stereocenters. The summed E-state index contributed by atoms with van der Waals surface area (Å²) in [4.78, 5) is 40.4. The predicted molar refractivity (Wildman–Crippen MR) is 132 cm³/mol. The van der Waals surface area contributed by atoms with Crippen LogP contribution in [0.1, 0.15) is 35.3 Å². The molecule has 0 spiro atoms. The summed E-state index contributed by atoms with van der Waals surface area (Å²) in [5, 5.41) is 5.75. The van der Waals surface area contributed by atoms with Crippen LogP contribution in [0.4, 0.5) is 17.1 Å². The Labute approximate surface area is 198 Å². The van der Waals surface area contributed by atoms with E-state index >= 15 is 0 Å². The molecule has 7 heteroatoms. The minimum absolute atomic E-state index is 0.213. The molecule has 0 bridgehead atoms. The van der Waals surface area contributed by atoms with E-state index < -0.39 is 5.60 Å². The highest BCUT2D eigenvalue weighted by Crippen LogP contribution is 2.38. The maximum Gasteiger partial charge on any atom is 0.271 e. The van der Waals surface area contributed by atoms with Gasteiger partial charge in [-0.2, -0.15) is 0 Å². The summed E-state index contributed by atoms with van der Waals surface area (Å²) in [6.07, 6.45) is 0. The molecule has 1 aliphatic rings. The summed E-state index contributed by atoms with van der Waals surface area (Å²) in [5.41, 5.74) is 2.86. The van der Waals surface area contributed by atoms with E-state index in [9.17, 15) is 14.4 Å². The molecule has 0 saturated carbocycles. The molecule has 4 rings (SSSR count). The first-order chi connectivity index (χ1) is 16.2. The van der Waals surface area contributed by atoms with Gasteiger partial charge in [-0.1, -0.05) is 36.4 Å². The van der Waals surface area contributed by atoms with Crippen molar-refractivity contribution in [2.45, 2.75) is 33.3 Å². The molecule has 3 amide bonds. The van der Waals surface area contributed by atoms with E-state index in [2.05, 4.69) is 10.6 Å². The zero-order chi connectivity index (χ0) is 24.5. The average Bonchev–Trinajstić information content (AvgIpc) is 2.79. The number of nitrogens with one attached hydrogen (secondary N) is 2. The number of para-hydroxylation sites is 2. The lowest BCUT2D eigenvalue weighted by Crippen LogP contribution is -2.54. The topological polar surface area (TPSA) is 87.7 Å². The molecule has 174 valence electrons. The molecule has 0 aliphatic carbocycles. The number of nitrogens with zero attached hydrogens (tertiary/aromatic N) is 1. The Morgan fingerprint density at radius 2 is 1.59 bits per heavy atom. The fraction of sp³-hybridized carbons (Fsp3) is 0.222. The maximum atomic E-state index is 13.2. The van der Waals surface area contributed by atoms with E-state index in [1.165, 1.54) is 4.90 Å². The normalized spacial score (nSPS) is 14.1. The van der Waals surface area contributed by atoms with Crippen LogP contribution in [0.25, 0.3) is 0 Å². The summed E-state index contributed by atoms with van der Waals surface area (Å²) in [5.74, 6) is -0.601. The van der Waals surface area contributed by atoms with Gasteiger partial charge in [0.1, 0.15) is 12.3 Å². The zero-order valence-electron chi connectivity index (χ0n) is 19.6. The van der Waals surface area contributed by atoms with E-state index in [4.69, 9.17) is 4.74 Å². The third kappa shape index (κ3) is 4.64. The summed E-state index contributed by atoms with van der Waals surface area (Å²) in [6.45, 7) is 6.95. The first kappa shape index (κ1) is 23.0. The molecule has 3 aromatic carbocycles. The first-order valence-electron chi connectivity index (χ1n) is 11.0. The van der Waals surface area contributed by atoms with Crippen LogP contribution in [0.5, 0.6) is 5.75 Å². The van der Waals surface area contributed by atoms with Gasteiger partial charge in [0.2, 0.25) is 5.91 Å². The van der Waals surface area contributed by atoms with Crippen molar-refractivity contribution >= 4 is 34.8 Å². The number of rotatable bonds is 5. The van der Waals surface area contributed by atoms with Crippen molar-refractivity contribution in [3.05, 3.63) is 83.4 Å². The summed E-state index contributed by atoms with van der Waals surface area (Å²) >= 11 is 0. The highest BCUT2D eigenvalue weighted by molar-refractivity contribution is 6.10. The molecule has 7 nitrogen and oxygen atoms in total. The van der Waals surface area contributed by atoms with Gasteiger partial charge in [0.05, 0.1) is 5.69 Å². The molecule has 34 heavy (non-hydrogen) atoms. The van der Waals surface area contributed by atoms with Crippen LogP contribution < -0.4 is 20.3 Å². The Balaban J connectivity index is 1.63. The number of anilines is 3. The lowest BCUT2D eigenvalue weighted by molar-refractivity contribution is -0.133. The Kier molecular flexibility index (Phi) is 6.11. The molecule has 0 fully saturated rings. The predicted octanol–water partition coefficient (Wildman–Crippen LogP) is 4.70. The van der Waals surface area contributed by atoms with Crippen LogP contribution in [-0.2, 0) is 9.59 Å². The lowest BCUT2D eigenvalue weighted by Gasteiger charge is -2.38. The number of hydrogen-bond donors (Lipinski definition) is 2. The van der Waals surface area contributed by atoms with Crippen LogP contribution in [0, 0.1) is 13.8 Å². The summed E-state index contributed by atoms with van der Waals surface area (Å²) in [7, 11) is 0. The minimum atomic E-state index is -1.15. The number of carbonyl (C=O) groups is 3. The van der Waals surface area contributed by atoms with Crippen LogP contribution >= 0.6 is 0 Å². The van der Waals surface area contributed by atoms with Gasteiger partial charge < -0.3 is 15.4 Å². The van der Waals surface area contributed by atoms with Gasteiger partial charge in [-0.3, -0.25) is 19.3 Å². The van der Waals surface area contributed by atoms with Gasteiger partial charge in [0, 0.05) is 16.9 Å². The SMILES string of the molecule is Cc1cccc(C)c1NC(=O)c1ccc2c(c1)N(CC(=O)Nc1ccccc1)C(=O)C(C)(C)O2. The maximum absolute atomic E-state index is 13.2. The molecule has 1 aliphatic heterocycles. The minimum Gasteiger partial charge on any atom is -0.476 e. The molecule has 0 radical (unpaired) electrons. The smallest absolute Gasteiger partial charge is 0.271 e. The Morgan fingerprint density at radius 1 is 0.912 bits per heavy atom. The van der Waals surface area contributed by atoms with E-state index in [1.54, 1.807) is 44.2 Å². The quantitative estimate of drug-likeness (QED) is 0.581. The van der Waals surface area contributed by atoms with Crippen molar-refractivity contribution in [2.75, 3.05) is 22.1 Å². The zero-order valence-corrected chi connectivity index (χ0v) is 19.6. The van der Waals surface area contributed by atoms with Crippen LogP contribution in [-0.4, -0.2) is 29.9 Å². The molecular weight excluding hydrogens is 430 g/mol. The largest absolute Gasteiger partial charge is 0.476 e. The van der Waals surface area contributed by atoms with Crippen molar-refractivity contribution in [1.29, 1.82) is 0 Å². The number of aryl methyl sites for hydroxylation is 2. The molecule has 3 aromatic rings. The Bertz CT molecular complexity index is 1250. The third-order valence-electron chi connectivity index (χ3n) is 5.72. The van der Waals surface area contributed by atoms with Gasteiger partial charge in [0.25, 0.3) is 11.8 Å². The van der Waals surface area contributed by atoms with E-state index in [-0.39, 0.29) is 24.3 Å². The molecular formula is C27H27N3O4. The number of benzene rings is 3. The second kappa shape index (κ2) is 9.02. The van der Waals surface area contributed by atoms with Gasteiger partial charge >= 0.3 is 0 Å². The van der Waals surface area contributed by atoms with Gasteiger partial charge in [-0.15, -0.1) is 0 Å². The number of hydrogen-bond acceptors (Lipinski definition) is 4. The Morgan fingerprint density at radius 3 is 2.26 bits per heavy atom. The lowest BCUT2D eigenvalue weighted by atomic mass is 10.0. The number of carbonyl (C=O) groups excluding carboxylic acids is 3. The standard InChI is InChI=1S/C27H27N3O4/c1-17-9-8-10-18(2)24(17)29-25(32)19-13-14-22-21(15-19)30(26(33)27(3,4)34-22)16-23(31)28-20-11-6-5-7-12-20/h5-15H,16H2,1-4H3,(H,28,31)(H,29,32). The van der Waals surface area contributed by atoms with Crippen molar-refractivity contribution in [3.8, 4) is 5.75 Å². The van der Waals surface area contributed by atoms with Crippen LogP contribution in [0.15, 0.2) is 66.7 Å². The van der Waals surface area contributed by atoms with E-state index in [0.29, 0.717) is 22.7 Å². The number of fused-ring (bicyclic) bond motifs is 1. The van der Waals surface area contributed by atoms with Gasteiger partial charge in [-0.05, 0) is 69.2 Å². The molecule has 2 N–H and O–H groups in total. The van der Waals surface area contributed by atoms with Gasteiger partial charge in [0.15, 0.2) is 5.60 Å². The summed E-state index contributed by atoms with van der Waals surface area (Å²) < 4.78 is 5.90. The molecule has 0 saturated heterocycles. The van der Waals surface area contributed by atoms with Crippen molar-refractivity contribution in [3.63, 3.8) is 0 Å². The molecule has 1 heterocycles. The van der Waals surface area contributed by atoms with Crippen molar-refractivity contribution in [2.24, 2.45) is 0 Å². The van der Waals surface area contributed by atoms with Crippen molar-refractivity contribution < 1.29 is 19.1 Å². The number of amides is 3.